The van der Waals surface area contributed by atoms with Crippen LogP contribution < -0.4 is 5.32 Å². The summed E-state index contributed by atoms with van der Waals surface area (Å²) in [5, 5.41) is 3.26. The Balaban J connectivity index is 0.00000261. The topological polar surface area (TPSA) is 69.7 Å². The Hall–Kier alpha value is -1.15. The quantitative estimate of drug-likeness (QED) is 0.821. The smallest absolute Gasteiger partial charge is 0.254 e. The largest absolute Gasteiger partial charge is 0.333 e. The Morgan fingerprint density at radius 3 is 2.44 bits per heavy atom. The van der Waals surface area contributed by atoms with Crippen LogP contribution in [0.5, 0.6) is 0 Å². The molecule has 2 unspecified atom stereocenters. The van der Waals surface area contributed by atoms with Crippen LogP contribution in [-0.2, 0) is 10.0 Å². The minimum absolute atomic E-state index is 0. The summed E-state index contributed by atoms with van der Waals surface area (Å²) in [6, 6.07) is 6.61. The summed E-state index contributed by atoms with van der Waals surface area (Å²) >= 11 is 0. The monoisotopic (exact) mass is 415 g/mol. The number of carbonyl (C=O) groups is 1. The molecular formula is C19H30ClN3O3S. The average molecular weight is 416 g/mol. The van der Waals surface area contributed by atoms with Gasteiger partial charge in [-0.2, -0.15) is 4.31 Å². The predicted molar refractivity (Wildman–Crippen MR) is 109 cm³/mol. The molecular weight excluding hydrogens is 386 g/mol. The van der Waals surface area contributed by atoms with Crippen LogP contribution in [0.15, 0.2) is 29.2 Å². The van der Waals surface area contributed by atoms with Crippen molar-refractivity contribution in [3.63, 3.8) is 0 Å². The van der Waals surface area contributed by atoms with Crippen molar-refractivity contribution in [1.82, 2.24) is 14.5 Å². The van der Waals surface area contributed by atoms with Crippen molar-refractivity contribution in [3.05, 3.63) is 29.8 Å². The van der Waals surface area contributed by atoms with Crippen molar-refractivity contribution in [3.8, 4) is 0 Å². The van der Waals surface area contributed by atoms with Crippen LogP contribution in [0, 0.1) is 11.8 Å². The highest BCUT2D eigenvalue weighted by Gasteiger charge is 2.32. The first-order chi connectivity index (χ1) is 12.3. The highest BCUT2D eigenvalue weighted by atomic mass is 35.5. The van der Waals surface area contributed by atoms with E-state index in [1.807, 2.05) is 11.8 Å². The number of piperidine rings is 1. The average Bonchev–Trinajstić information content (AvgIpc) is 2.61. The molecule has 2 heterocycles. The summed E-state index contributed by atoms with van der Waals surface area (Å²) in [4.78, 5) is 14.9. The lowest BCUT2D eigenvalue weighted by Crippen LogP contribution is -2.52. The molecule has 0 bridgehead atoms. The molecule has 2 saturated heterocycles. The van der Waals surface area contributed by atoms with Gasteiger partial charge >= 0.3 is 0 Å². The summed E-state index contributed by atoms with van der Waals surface area (Å²) in [5.41, 5.74) is 0.443. The van der Waals surface area contributed by atoms with Gasteiger partial charge in [0.15, 0.2) is 0 Å². The number of carbonyl (C=O) groups excluding carboxylic acids is 1. The molecule has 0 radical (unpaired) electrons. The Labute approximate surface area is 168 Å². The normalized spacial score (nSPS) is 27.1. The third-order valence-corrected chi connectivity index (χ3v) is 7.14. The maximum absolute atomic E-state index is 13.1. The molecule has 2 fully saturated rings. The van der Waals surface area contributed by atoms with Crippen LogP contribution in [0.25, 0.3) is 0 Å². The van der Waals surface area contributed by atoms with Gasteiger partial charge in [0.1, 0.15) is 0 Å². The fourth-order valence-corrected chi connectivity index (χ4v) is 5.78. The molecule has 2 aliphatic rings. The fourth-order valence-electron chi connectivity index (χ4n) is 4.05. The number of benzene rings is 1. The van der Waals surface area contributed by atoms with Crippen molar-refractivity contribution >= 4 is 28.3 Å². The first-order valence-electron chi connectivity index (χ1n) is 9.41. The molecule has 1 aromatic rings. The molecule has 0 aromatic heterocycles. The number of nitrogens with zero attached hydrogens (tertiary/aromatic N) is 2. The molecule has 6 nitrogen and oxygen atoms in total. The number of nitrogens with one attached hydrogen (secondary N) is 1. The van der Waals surface area contributed by atoms with Crippen molar-refractivity contribution < 1.29 is 13.2 Å². The van der Waals surface area contributed by atoms with Crippen LogP contribution in [-0.4, -0.2) is 62.3 Å². The zero-order valence-electron chi connectivity index (χ0n) is 16.2. The van der Waals surface area contributed by atoms with E-state index in [4.69, 9.17) is 0 Å². The Kier molecular flexibility index (Phi) is 7.30. The van der Waals surface area contributed by atoms with E-state index in [-0.39, 0.29) is 29.3 Å². The lowest BCUT2D eigenvalue weighted by atomic mass is 9.94. The Morgan fingerprint density at radius 2 is 1.81 bits per heavy atom. The third-order valence-electron chi connectivity index (χ3n) is 5.32. The molecule has 8 heteroatoms. The van der Waals surface area contributed by atoms with Crippen molar-refractivity contribution in [2.75, 3.05) is 32.7 Å². The van der Waals surface area contributed by atoms with Gasteiger partial charge in [0.05, 0.1) is 4.90 Å². The summed E-state index contributed by atoms with van der Waals surface area (Å²) < 4.78 is 27.7. The van der Waals surface area contributed by atoms with E-state index >= 15 is 0 Å². The summed E-state index contributed by atoms with van der Waals surface area (Å²) in [5.74, 6) is 0.594. The fraction of sp³-hybridized carbons (Fsp3) is 0.632. The van der Waals surface area contributed by atoms with Crippen LogP contribution in [0.2, 0.25) is 0 Å². The van der Waals surface area contributed by atoms with E-state index in [0.29, 0.717) is 37.0 Å². The SMILES string of the molecule is CC1CC(C)CN(S(=O)(=O)c2cccc(C(=O)N3CCNC[C@H]3C)c2)C1.Cl. The van der Waals surface area contributed by atoms with Crippen molar-refractivity contribution in [1.29, 1.82) is 0 Å². The lowest BCUT2D eigenvalue weighted by molar-refractivity contribution is 0.0655. The third kappa shape index (κ3) is 4.83. The van der Waals surface area contributed by atoms with Gasteiger partial charge in [0.25, 0.3) is 5.91 Å². The number of piperazine rings is 1. The number of halogens is 1. The number of sulfonamides is 1. The van der Waals surface area contributed by atoms with Gasteiger partial charge in [-0.1, -0.05) is 19.9 Å². The molecule has 0 aliphatic carbocycles. The minimum Gasteiger partial charge on any atom is -0.333 e. The zero-order valence-corrected chi connectivity index (χ0v) is 17.9. The van der Waals surface area contributed by atoms with Crippen LogP contribution in [0.3, 0.4) is 0 Å². The van der Waals surface area contributed by atoms with Gasteiger partial charge in [0.2, 0.25) is 10.0 Å². The van der Waals surface area contributed by atoms with Gasteiger partial charge in [-0.15, -0.1) is 12.4 Å². The zero-order chi connectivity index (χ0) is 18.9. The maximum atomic E-state index is 13.1. The number of amides is 1. The second-order valence-electron chi connectivity index (χ2n) is 7.85. The lowest BCUT2D eigenvalue weighted by Gasteiger charge is -2.35. The maximum Gasteiger partial charge on any atom is 0.254 e. The second-order valence-corrected chi connectivity index (χ2v) is 9.79. The summed E-state index contributed by atoms with van der Waals surface area (Å²) in [6.45, 7) is 9.41. The predicted octanol–water partition coefficient (Wildman–Crippen LogP) is 2.21. The number of rotatable bonds is 3. The second kappa shape index (κ2) is 8.90. The van der Waals surface area contributed by atoms with E-state index in [1.54, 1.807) is 22.5 Å². The molecule has 27 heavy (non-hydrogen) atoms. The highest BCUT2D eigenvalue weighted by Crippen LogP contribution is 2.27. The highest BCUT2D eigenvalue weighted by molar-refractivity contribution is 7.89. The van der Waals surface area contributed by atoms with Gasteiger partial charge < -0.3 is 10.2 Å². The summed E-state index contributed by atoms with van der Waals surface area (Å²) in [6.07, 6.45) is 1.05. The number of hydrogen-bond acceptors (Lipinski definition) is 4. The molecule has 152 valence electrons. The van der Waals surface area contributed by atoms with Crippen LogP contribution >= 0.6 is 12.4 Å². The van der Waals surface area contributed by atoms with Crippen molar-refractivity contribution in [2.45, 2.75) is 38.1 Å². The minimum atomic E-state index is -3.58. The van der Waals surface area contributed by atoms with E-state index in [9.17, 15) is 13.2 Å². The van der Waals surface area contributed by atoms with Crippen LogP contribution in [0.4, 0.5) is 0 Å². The molecule has 3 atom stereocenters. The van der Waals surface area contributed by atoms with E-state index in [1.165, 1.54) is 6.07 Å². The Bertz CT molecular complexity index is 761. The van der Waals surface area contributed by atoms with Crippen LogP contribution in [0.1, 0.15) is 37.6 Å². The molecule has 1 aromatic carbocycles. The van der Waals surface area contributed by atoms with E-state index < -0.39 is 10.0 Å². The molecule has 3 rings (SSSR count). The first-order valence-corrected chi connectivity index (χ1v) is 10.8. The summed E-state index contributed by atoms with van der Waals surface area (Å²) in [7, 11) is -3.58. The van der Waals surface area contributed by atoms with Crippen molar-refractivity contribution in [2.24, 2.45) is 11.8 Å². The molecule has 1 amide bonds. The van der Waals surface area contributed by atoms with Gasteiger partial charge in [-0.05, 0) is 43.4 Å². The van der Waals surface area contributed by atoms with E-state index in [0.717, 1.165) is 19.5 Å². The molecule has 1 N–H and O–H groups in total. The molecule has 0 saturated carbocycles. The molecule has 2 aliphatic heterocycles. The number of hydrogen-bond donors (Lipinski definition) is 1. The standard InChI is InChI=1S/C19H29N3O3S.ClH/c1-14-9-15(2)13-21(12-14)26(24,25)18-6-4-5-17(10-18)19(23)22-8-7-20-11-16(22)3;/h4-6,10,14-16,20H,7-9,11-13H2,1-3H3;1H/t14?,15?,16-;/m1./s1. The van der Waals surface area contributed by atoms with Gasteiger partial charge in [-0.25, -0.2) is 8.42 Å². The first kappa shape index (κ1) is 22.1. The van der Waals surface area contributed by atoms with Gasteiger partial charge in [-0.3, -0.25) is 4.79 Å². The van der Waals surface area contributed by atoms with E-state index in [2.05, 4.69) is 19.2 Å². The van der Waals surface area contributed by atoms with Gasteiger partial charge in [0, 0.05) is 44.3 Å². The Morgan fingerprint density at radius 1 is 1.15 bits per heavy atom. The molecule has 0 spiro atoms.